The first kappa shape index (κ1) is 13.6. The van der Waals surface area contributed by atoms with Crippen LogP contribution in [-0.2, 0) is 23.9 Å². The Bertz CT molecular complexity index is 300. The van der Waals surface area contributed by atoms with Crippen molar-refractivity contribution in [1.29, 1.82) is 0 Å². The lowest BCUT2D eigenvalue weighted by atomic mass is 9.87. The Morgan fingerprint density at radius 1 is 1.18 bits per heavy atom. The number of carbonyl (C=O) groups is 3. The van der Waals surface area contributed by atoms with Crippen LogP contribution < -0.4 is 0 Å². The summed E-state index contributed by atoms with van der Waals surface area (Å²) in [6.45, 7) is 3.16. The fraction of sp³-hybridized carbons (Fsp3) is 0.727. The second-order valence-corrected chi connectivity index (χ2v) is 3.91. The van der Waals surface area contributed by atoms with Crippen LogP contribution in [0.2, 0.25) is 0 Å². The van der Waals surface area contributed by atoms with E-state index < -0.39 is 29.6 Å². The van der Waals surface area contributed by atoms with Crippen molar-refractivity contribution in [3.63, 3.8) is 0 Å². The van der Waals surface area contributed by atoms with Gasteiger partial charge < -0.3 is 14.4 Å². The van der Waals surface area contributed by atoms with Crippen molar-refractivity contribution in [3.05, 3.63) is 0 Å². The van der Waals surface area contributed by atoms with Crippen molar-refractivity contribution in [2.45, 2.75) is 6.92 Å². The summed E-state index contributed by atoms with van der Waals surface area (Å²) in [6.07, 6.45) is 0. The molecule has 0 spiro atoms. The molecule has 2 atom stereocenters. The Morgan fingerprint density at radius 2 is 1.59 bits per heavy atom. The number of ketones is 1. The van der Waals surface area contributed by atoms with Crippen LogP contribution in [0, 0.1) is 11.8 Å². The number of Topliss-reactive ketones (excluding diaryl/α,β-unsaturated/α-hetero) is 1. The minimum absolute atomic E-state index is 0.301. The van der Waals surface area contributed by atoms with E-state index in [0.717, 1.165) is 0 Å². The Hall–Kier alpha value is -1.43. The Balaban J connectivity index is 2.89. The highest BCUT2D eigenvalue weighted by Gasteiger charge is 2.43. The van der Waals surface area contributed by atoms with Gasteiger partial charge in [-0.25, -0.2) is 0 Å². The van der Waals surface area contributed by atoms with E-state index in [1.54, 1.807) is 0 Å². The van der Waals surface area contributed by atoms with Crippen molar-refractivity contribution in [2.75, 3.05) is 33.9 Å². The molecular formula is C11H17NO5. The third kappa shape index (κ3) is 2.82. The molecule has 0 aromatic carbocycles. The zero-order chi connectivity index (χ0) is 13.0. The maximum absolute atomic E-state index is 12.0. The van der Waals surface area contributed by atoms with E-state index in [1.807, 2.05) is 11.8 Å². The lowest BCUT2D eigenvalue weighted by Crippen LogP contribution is -2.52. The average Bonchev–Trinajstić information content (AvgIpc) is 2.37. The van der Waals surface area contributed by atoms with Gasteiger partial charge in [-0.3, -0.25) is 14.4 Å². The number of esters is 2. The molecule has 1 aliphatic heterocycles. The highest BCUT2D eigenvalue weighted by molar-refractivity contribution is 6.09. The number of hydrogen-bond acceptors (Lipinski definition) is 6. The lowest BCUT2D eigenvalue weighted by Gasteiger charge is -2.33. The number of piperidine rings is 1. The monoisotopic (exact) mass is 243 g/mol. The summed E-state index contributed by atoms with van der Waals surface area (Å²) >= 11 is 0. The van der Waals surface area contributed by atoms with Gasteiger partial charge in [0.15, 0.2) is 5.78 Å². The first-order chi connectivity index (χ1) is 8.04. The highest BCUT2D eigenvalue weighted by Crippen LogP contribution is 2.20. The van der Waals surface area contributed by atoms with Crippen LogP contribution in [0.4, 0.5) is 0 Å². The molecule has 1 rings (SSSR count). The summed E-state index contributed by atoms with van der Waals surface area (Å²) in [5, 5.41) is 0. The zero-order valence-corrected chi connectivity index (χ0v) is 10.3. The van der Waals surface area contributed by atoms with E-state index in [4.69, 9.17) is 0 Å². The summed E-state index contributed by atoms with van der Waals surface area (Å²) in [6, 6.07) is 0. The van der Waals surface area contributed by atoms with E-state index in [1.165, 1.54) is 14.2 Å². The van der Waals surface area contributed by atoms with Crippen LogP contribution in [-0.4, -0.2) is 56.5 Å². The molecule has 1 heterocycles. The normalized spacial score (nSPS) is 25.5. The molecule has 0 amide bonds. The molecule has 0 aromatic rings. The van der Waals surface area contributed by atoms with Gasteiger partial charge in [0, 0.05) is 13.1 Å². The van der Waals surface area contributed by atoms with Crippen LogP contribution in [0.3, 0.4) is 0 Å². The fourth-order valence-electron chi connectivity index (χ4n) is 1.94. The molecule has 1 saturated heterocycles. The number of ether oxygens (including phenoxy) is 2. The van der Waals surface area contributed by atoms with Gasteiger partial charge in [-0.05, 0) is 6.54 Å². The number of hydrogen-bond donors (Lipinski definition) is 0. The van der Waals surface area contributed by atoms with Crippen LogP contribution in [0.1, 0.15) is 6.92 Å². The van der Waals surface area contributed by atoms with Crippen molar-refractivity contribution < 1.29 is 23.9 Å². The third-order valence-electron chi connectivity index (χ3n) is 2.99. The smallest absolute Gasteiger partial charge is 0.317 e. The first-order valence-corrected chi connectivity index (χ1v) is 5.46. The van der Waals surface area contributed by atoms with E-state index in [2.05, 4.69) is 9.47 Å². The largest absolute Gasteiger partial charge is 0.468 e. The Morgan fingerprint density at radius 3 is 1.88 bits per heavy atom. The van der Waals surface area contributed by atoms with E-state index in [9.17, 15) is 14.4 Å². The molecule has 2 unspecified atom stereocenters. The number of likely N-dealkylation sites (tertiary alicyclic amines) is 1. The maximum Gasteiger partial charge on any atom is 0.317 e. The van der Waals surface area contributed by atoms with Crippen LogP contribution in [0.25, 0.3) is 0 Å². The summed E-state index contributed by atoms with van der Waals surface area (Å²) in [4.78, 5) is 36.8. The zero-order valence-electron chi connectivity index (χ0n) is 10.3. The van der Waals surface area contributed by atoms with E-state index in [-0.39, 0.29) is 0 Å². The molecule has 0 radical (unpaired) electrons. The number of nitrogens with zero attached hydrogens (tertiary/aromatic N) is 1. The molecule has 6 nitrogen and oxygen atoms in total. The number of carbonyl (C=O) groups excluding carboxylic acids is 3. The SMILES string of the molecule is CCN1CC(C(=O)OC)C(=O)C(C(=O)OC)C1. The first-order valence-electron chi connectivity index (χ1n) is 5.46. The third-order valence-corrected chi connectivity index (χ3v) is 2.99. The lowest BCUT2D eigenvalue weighted by molar-refractivity contribution is -0.159. The quantitative estimate of drug-likeness (QED) is 0.490. The van der Waals surface area contributed by atoms with Crippen molar-refractivity contribution in [1.82, 2.24) is 4.90 Å². The molecule has 96 valence electrons. The van der Waals surface area contributed by atoms with Gasteiger partial charge in [-0.15, -0.1) is 0 Å². The average molecular weight is 243 g/mol. The van der Waals surface area contributed by atoms with E-state index in [0.29, 0.717) is 19.6 Å². The molecule has 0 aromatic heterocycles. The van der Waals surface area contributed by atoms with Crippen LogP contribution in [0.5, 0.6) is 0 Å². The molecule has 6 heteroatoms. The number of methoxy groups -OCH3 is 2. The van der Waals surface area contributed by atoms with Crippen molar-refractivity contribution >= 4 is 17.7 Å². The van der Waals surface area contributed by atoms with Gasteiger partial charge >= 0.3 is 11.9 Å². The molecule has 1 fully saturated rings. The van der Waals surface area contributed by atoms with Crippen molar-refractivity contribution in [2.24, 2.45) is 11.8 Å². The summed E-state index contributed by atoms with van der Waals surface area (Å²) in [5.74, 6) is -3.38. The van der Waals surface area contributed by atoms with E-state index >= 15 is 0 Å². The van der Waals surface area contributed by atoms with Crippen LogP contribution >= 0.6 is 0 Å². The summed E-state index contributed by atoms with van der Waals surface area (Å²) < 4.78 is 9.15. The topological polar surface area (TPSA) is 72.9 Å². The van der Waals surface area contributed by atoms with Crippen LogP contribution in [0.15, 0.2) is 0 Å². The molecular weight excluding hydrogens is 226 g/mol. The Kier molecular flexibility index (Phi) is 4.62. The molecule has 0 bridgehead atoms. The molecule has 0 aliphatic carbocycles. The van der Waals surface area contributed by atoms with Crippen molar-refractivity contribution in [3.8, 4) is 0 Å². The summed E-state index contributed by atoms with van der Waals surface area (Å²) in [5.41, 5.74) is 0. The number of rotatable bonds is 3. The second-order valence-electron chi connectivity index (χ2n) is 3.91. The predicted octanol–water partition coefficient (Wildman–Crippen LogP) is -0.531. The van der Waals surface area contributed by atoms with Gasteiger partial charge in [-0.1, -0.05) is 6.92 Å². The maximum atomic E-state index is 12.0. The molecule has 1 aliphatic rings. The standard InChI is InChI=1S/C11H17NO5/c1-4-12-5-7(10(14)16-2)9(13)8(6-12)11(15)17-3/h7-8H,4-6H2,1-3H3. The fourth-order valence-corrected chi connectivity index (χ4v) is 1.94. The second kappa shape index (κ2) is 5.77. The van der Waals surface area contributed by atoms with Gasteiger partial charge in [0.25, 0.3) is 0 Å². The van der Waals surface area contributed by atoms with Gasteiger partial charge in [0.1, 0.15) is 11.8 Å². The predicted molar refractivity (Wildman–Crippen MR) is 58.1 cm³/mol. The Labute approximate surface area is 99.9 Å². The van der Waals surface area contributed by atoms with Gasteiger partial charge in [0.05, 0.1) is 14.2 Å². The molecule has 0 saturated carbocycles. The van der Waals surface area contributed by atoms with Gasteiger partial charge in [0.2, 0.25) is 0 Å². The summed E-state index contributed by atoms with van der Waals surface area (Å²) in [7, 11) is 2.46. The molecule has 0 N–H and O–H groups in total. The minimum atomic E-state index is -0.891. The minimum Gasteiger partial charge on any atom is -0.468 e. The highest BCUT2D eigenvalue weighted by atomic mass is 16.5. The van der Waals surface area contributed by atoms with Gasteiger partial charge in [-0.2, -0.15) is 0 Å². The molecule has 17 heavy (non-hydrogen) atoms.